The van der Waals surface area contributed by atoms with Gasteiger partial charge in [0.05, 0.1) is 0 Å². The van der Waals surface area contributed by atoms with Crippen LogP contribution in [0.25, 0.3) is 5.57 Å². The van der Waals surface area contributed by atoms with Crippen molar-refractivity contribution < 1.29 is 15.0 Å². The van der Waals surface area contributed by atoms with Crippen LogP contribution in [0.1, 0.15) is 23.6 Å². The molecule has 4 nitrogen and oxygen atoms in total. The van der Waals surface area contributed by atoms with Crippen molar-refractivity contribution >= 4 is 11.5 Å². The number of nitrogens with zero attached hydrogens (tertiary/aromatic N) is 1. The van der Waals surface area contributed by atoms with Crippen LogP contribution in [0.5, 0.6) is 0 Å². The molecule has 0 fully saturated rings. The molecule has 2 aromatic rings. The molecule has 0 bridgehead atoms. The number of aliphatic hydroxyl groups is 1. The van der Waals surface area contributed by atoms with Crippen LogP contribution in [0.2, 0.25) is 0 Å². The van der Waals surface area contributed by atoms with Gasteiger partial charge in [-0.2, -0.15) is 5.26 Å². The summed E-state index contributed by atoms with van der Waals surface area (Å²) in [6, 6.07) is 18.3. The van der Waals surface area contributed by atoms with Gasteiger partial charge in [0.1, 0.15) is 11.6 Å². The molecule has 2 aromatic carbocycles. The summed E-state index contributed by atoms with van der Waals surface area (Å²) in [7, 11) is 0. The van der Waals surface area contributed by atoms with Gasteiger partial charge in [-0.1, -0.05) is 61.5 Å². The molecule has 122 valence electrons. The van der Waals surface area contributed by atoms with E-state index >= 15 is 0 Å². The smallest absolute Gasteiger partial charge is 0.347 e. The van der Waals surface area contributed by atoms with E-state index in [1.165, 1.54) is 0 Å². The number of hydrogen-bond donors (Lipinski definition) is 2. The summed E-state index contributed by atoms with van der Waals surface area (Å²) in [5.74, 6) is -1.21. The Balaban J connectivity index is 2.71. The number of hydrogen-bond acceptors (Lipinski definition) is 3. The topological polar surface area (TPSA) is 81.3 Å². The number of rotatable bonds is 6. The summed E-state index contributed by atoms with van der Waals surface area (Å²) in [5, 5.41) is 28.2. The maximum absolute atomic E-state index is 11.6. The Morgan fingerprint density at radius 1 is 1.12 bits per heavy atom. The molecule has 2 N–H and O–H groups in total. The molecule has 4 heteroatoms. The van der Waals surface area contributed by atoms with Gasteiger partial charge in [-0.05, 0) is 29.0 Å². The summed E-state index contributed by atoms with van der Waals surface area (Å²) in [5.41, 5.74) is 2.42. The maximum Gasteiger partial charge on any atom is 0.347 e. The van der Waals surface area contributed by atoms with E-state index in [1.54, 1.807) is 12.1 Å². The maximum atomic E-state index is 11.6. The van der Waals surface area contributed by atoms with Crippen LogP contribution in [0, 0.1) is 17.2 Å². The molecular weight excluding hydrogens is 302 g/mol. The molecule has 24 heavy (non-hydrogen) atoms. The molecule has 1 unspecified atom stereocenters. The highest BCUT2D eigenvalue weighted by Crippen LogP contribution is 2.30. The molecule has 0 saturated heterocycles. The number of benzene rings is 2. The van der Waals surface area contributed by atoms with Crippen LogP contribution in [0.4, 0.5) is 0 Å². The highest BCUT2D eigenvalue weighted by molar-refractivity contribution is 6.04. The number of carbonyl (C=O) groups is 1. The van der Waals surface area contributed by atoms with Gasteiger partial charge in [0.15, 0.2) is 0 Å². The fourth-order valence-electron chi connectivity index (χ4n) is 2.63. The minimum atomic E-state index is -1.25. The third-order valence-corrected chi connectivity index (χ3v) is 3.80. The Morgan fingerprint density at radius 2 is 1.75 bits per heavy atom. The third kappa shape index (κ3) is 3.89. The standard InChI is InChI=1S/C20H19NO3/c1-14(13-22)11-16-9-5-6-10-17(16)19(18(12-21)20(23)24)15-7-3-2-4-8-15/h2-10,14,22H,11,13H2,1H3,(H,23,24). The first-order valence-corrected chi connectivity index (χ1v) is 7.70. The average molecular weight is 321 g/mol. The number of carboxylic acid groups (broad SMARTS) is 1. The van der Waals surface area contributed by atoms with Gasteiger partial charge < -0.3 is 10.2 Å². The Hall–Kier alpha value is -2.90. The molecule has 0 aliphatic heterocycles. The van der Waals surface area contributed by atoms with Crippen molar-refractivity contribution in [2.45, 2.75) is 13.3 Å². The zero-order valence-electron chi connectivity index (χ0n) is 13.4. The van der Waals surface area contributed by atoms with Gasteiger partial charge in [-0.15, -0.1) is 0 Å². The molecule has 0 amide bonds. The van der Waals surface area contributed by atoms with Crippen molar-refractivity contribution in [3.05, 3.63) is 76.9 Å². The first-order valence-electron chi connectivity index (χ1n) is 7.70. The van der Waals surface area contributed by atoms with E-state index in [0.29, 0.717) is 23.1 Å². The fourth-order valence-corrected chi connectivity index (χ4v) is 2.63. The first-order chi connectivity index (χ1) is 11.6. The predicted molar refractivity (Wildman–Crippen MR) is 92.1 cm³/mol. The molecule has 0 saturated carbocycles. The second kappa shape index (κ2) is 8.09. The molecule has 0 aliphatic rings. The van der Waals surface area contributed by atoms with Gasteiger partial charge in [-0.3, -0.25) is 0 Å². The summed E-state index contributed by atoms with van der Waals surface area (Å²) in [4.78, 5) is 11.6. The van der Waals surface area contributed by atoms with Crippen LogP contribution in [-0.4, -0.2) is 22.8 Å². The number of carboxylic acids is 1. The zero-order chi connectivity index (χ0) is 17.5. The van der Waals surface area contributed by atoms with Gasteiger partial charge >= 0.3 is 5.97 Å². The van der Waals surface area contributed by atoms with Crippen molar-refractivity contribution in [1.29, 1.82) is 5.26 Å². The second-order valence-corrected chi connectivity index (χ2v) is 5.68. The lowest BCUT2D eigenvalue weighted by molar-refractivity contribution is -0.132. The lowest BCUT2D eigenvalue weighted by Gasteiger charge is -2.16. The van der Waals surface area contributed by atoms with Gasteiger partial charge in [0, 0.05) is 12.2 Å². The molecule has 2 rings (SSSR count). The second-order valence-electron chi connectivity index (χ2n) is 5.68. The van der Waals surface area contributed by atoms with Crippen LogP contribution in [0.3, 0.4) is 0 Å². The Morgan fingerprint density at radius 3 is 2.33 bits per heavy atom. The lowest BCUT2D eigenvalue weighted by Crippen LogP contribution is -2.09. The largest absolute Gasteiger partial charge is 0.477 e. The van der Waals surface area contributed by atoms with Crippen molar-refractivity contribution in [1.82, 2.24) is 0 Å². The lowest BCUT2D eigenvalue weighted by atomic mass is 9.87. The molecule has 0 aromatic heterocycles. The van der Waals surface area contributed by atoms with Crippen molar-refractivity contribution in [2.75, 3.05) is 6.61 Å². The van der Waals surface area contributed by atoms with E-state index < -0.39 is 5.97 Å². The highest BCUT2D eigenvalue weighted by Gasteiger charge is 2.20. The quantitative estimate of drug-likeness (QED) is 0.632. The molecule has 0 radical (unpaired) electrons. The monoisotopic (exact) mass is 321 g/mol. The van der Waals surface area contributed by atoms with Crippen molar-refractivity contribution in [2.24, 2.45) is 5.92 Å². The van der Waals surface area contributed by atoms with Crippen LogP contribution in [-0.2, 0) is 11.2 Å². The van der Waals surface area contributed by atoms with Gasteiger partial charge in [-0.25, -0.2) is 4.79 Å². The summed E-state index contributed by atoms with van der Waals surface area (Å²) in [6.45, 7) is 1.97. The van der Waals surface area contributed by atoms with Crippen molar-refractivity contribution in [3.63, 3.8) is 0 Å². The van der Waals surface area contributed by atoms with Crippen LogP contribution < -0.4 is 0 Å². The number of aliphatic hydroxyl groups excluding tert-OH is 1. The molecular formula is C20H19NO3. The van der Waals surface area contributed by atoms with E-state index in [4.69, 9.17) is 0 Å². The van der Waals surface area contributed by atoms with E-state index in [-0.39, 0.29) is 18.1 Å². The minimum absolute atomic E-state index is 0.0403. The van der Waals surface area contributed by atoms with E-state index in [2.05, 4.69) is 0 Å². The molecule has 0 spiro atoms. The highest BCUT2D eigenvalue weighted by atomic mass is 16.4. The summed E-state index contributed by atoms with van der Waals surface area (Å²) >= 11 is 0. The first kappa shape index (κ1) is 17.5. The van der Waals surface area contributed by atoms with E-state index in [1.807, 2.05) is 55.5 Å². The van der Waals surface area contributed by atoms with Crippen LogP contribution in [0.15, 0.2) is 60.2 Å². The molecule has 1 atom stereocenters. The number of nitriles is 1. The Kier molecular flexibility index (Phi) is 5.89. The normalized spacial score (nSPS) is 12.9. The van der Waals surface area contributed by atoms with Crippen LogP contribution >= 0.6 is 0 Å². The Labute approximate surface area is 141 Å². The predicted octanol–water partition coefficient (Wildman–Crippen LogP) is 3.27. The average Bonchev–Trinajstić information content (AvgIpc) is 2.60. The van der Waals surface area contributed by atoms with E-state index in [0.717, 1.165) is 5.56 Å². The molecule has 0 heterocycles. The molecule has 0 aliphatic carbocycles. The minimum Gasteiger partial charge on any atom is -0.477 e. The SMILES string of the molecule is CC(CO)Cc1ccccc1C(=C(C#N)C(=O)O)c1ccccc1. The Bertz CT molecular complexity index is 788. The summed E-state index contributed by atoms with van der Waals surface area (Å²) in [6.07, 6.45) is 0.599. The van der Waals surface area contributed by atoms with Crippen molar-refractivity contribution in [3.8, 4) is 6.07 Å². The van der Waals surface area contributed by atoms with Gasteiger partial charge in [0.25, 0.3) is 0 Å². The zero-order valence-corrected chi connectivity index (χ0v) is 13.4. The summed E-state index contributed by atoms with van der Waals surface area (Å²) < 4.78 is 0. The van der Waals surface area contributed by atoms with E-state index in [9.17, 15) is 20.3 Å². The fraction of sp³-hybridized carbons (Fsp3) is 0.200. The number of aliphatic carboxylic acids is 1. The van der Waals surface area contributed by atoms with Gasteiger partial charge in [0.2, 0.25) is 0 Å². The third-order valence-electron chi connectivity index (χ3n) is 3.80.